The minimum absolute atomic E-state index is 0.0824. The highest BCUT2D eigenvalue weighted by Gasteiger charge is 2.31. The normalized spacial score (nSPS) is 18.5. The van der Waals surface area contributed by atoms with Gasteiger partial charge in [0.25, 0.3) is 0 Å². The molecule has 2 atom stereocenters. The van der Waals surface area contributed by atoms with Crippen LogP contribution >= 0.6 is 0 Å². The van der Waals surface area contributed by atoms with Crippen molar-refractivity contribution in [3.8, 4) is 0 Å². The number of likely N-dealkylation sites (tertiary alicyclic amines) is 1. The van der Waals surface area contributed by atoms with Gasteiger partial charge in [0.1, 0.15) is 0 Å². The first kappa shape index (κ1) is 24.7. The molecule has 0 radical (unpaired) electrons. The molecule has 0 bridgehead atoms. The van der Waals surface area contributed by atoms with E-state index in [1.165, 1.54) is 0 Å². The molecular weight excluding hydrogens is 396 g/mol. The van der Waals surface area contributed by atoms with Crippen molar-refractivity contribution in [2.75, 3.05) is 52.2 Å². The summed E-state index contributed by atoms with van der Waals surface area (Å²) in [4.78, 5) is 40.8. The van der Waals surface area contributed by atoms with Crippen LogP contribution in [0.4, 0.5) is 10.5 Å². The number of rotatable bonds is 9. The van der Waals surface area contributed by atoms with Crippen molar-refractivity contribution < 1.29 is 19.1 Å². The van der Waals surface area contributed by atoms with Gasteiger partial charge in [0.15, 0.2) is 0 Å². The van der Waals surface area contributed by atoms with E-state index in [0.29, 0.717) is 43.9 Å². The van der Waals surface area contributed by atoms with Gasteiger partial charge in [-0.2, -0.15) is 0 Å². The summed E-state index contributed by atoms with van der Waals surface area (Å²) < 4.78 is 5.02. The Balaban J connectivity index is 1.89. The molecule has 172 valence electrons. The summed E-state index contributed by atoms with van der Waals surface area (Å²) in [5.41, 5.74) is 0.969. The maximum Gasteiger partial charge on any atom is 0.338 e. The van der Waals surface area contributed by atoms with Gasteiger partial charge in [-0.25, -0.2) is 9.59 Å². The fourth-order valence-corrected chi connectivity index (χ4v) is 3.87. The maximum absolute atomic E-state index is 12.8. The van der Waals surface area contributed by atoms with Gasteiger partial charge in [-0.05, 0) is 57.5 Å². The van der Waals surface area contributed by atoms with Gasteiger partial charge in [-0.15, -0.1) is 0 Å². The molecule has 0 aliphatic carbocycles. The lowest BCUT2D eigenvalue weighted by Crippen LogP contribution is -2.46. The van der Waals surface area contributed by atoms with Crippen LogP contribution in [0.5, 0.6) is 0 Å². The smallest absolute Gasteiger partial charge is 0.338 e. The lowest BCUT2D eigenvalue weighted by atomic mass is 9.81. The fourth-order valence-electron chi connectivity index (χ4n) is 3.87. The average molecular weight is 433 g/mol. The zero-order chi connectivity index (χ0) is 22.8. The SMILES string of the molecule is CCOC(=O)c1cccc(NC(=O)N2CC[C@@H](CC(=O)NCCN(C)C)[C@@H](CC)C2)c1. The van der Waals surface area contributed by atoms with Gasteiger partial charge in [-0.1, -0.05) is 19.4 Å². The second kappa shape index (κ2) is 12.3. The number of likely N-dealkylation sites (N-methyl/N-ethyl adjacent to an activating group) is 1. The van der Waals surface area contributed by atoms with Crippen LogP contribution in [0.3, 0.4) is 0 Å². The van der Waals surface area contributed by atoms with Crippen molar-refractivity contribution in [2.45, 2.75) is 33.1 Å². The van der Waals surface area contributed by atoms with Crippen LogP contribution in [0.2, 0.25) is 0 Å². The van der Waals surface area contributed by atoms with Crippen molar-refractivity contribution in [1.82, 2.24) is 15.1 Å². The number of benzene rings is 1. The molecule has 1 heterocycles. The first-order chi connectivity index (χ1) is 14.8. The number of nitrogens with one attached hydrogen (secondary N) is 2. The van der Waals surface area contributed by atoms with Crippen molar-refractivity contribution in [1.29, 1.82) is 0 Å². The van der Waals surface area contributed by atoms with Crippen LogP contribution in [0, 0.1) is 11.8 Å². The number of carbonyl (C=O) groups is 3. The molecule has 0 unspecified atom stereocenters. The molecule has 0 aromatic heterocycles. The lowest BCUT2D eigenvalue weighted by Gasteiger charge is -2.38. The van der Waals surface area contributed by atoms with Gasteiger partial charge >= 0.3 is 12.0 Å². The van der Waals surface area contributed by atoms with Crippen molar-refractivity contribution in [3.63, 3.8) is 0 Å². The number of piperidine rings is 1. The molecule has 1 fully saturated rings. The number of carbonyl (C=O) groups excluding carboxylic acids is 3. The molecule has 1 aliphatic rings. The summed E-state index contributed by atoms with van der Waals surface area (Å²) in [6, 6.07) is 6.57. The molecule has 0 spiro atoms. The third kappa shape index (κ3) is 7.86. The van der Waals surface area contributed by atoms with Crippen molar-refractivity contribution in [2.24, 2.45) is 11.8 Å². The van der Waals surface area contributed by atoms with E-state index in [4.69, 9.17) is 4.74 Å². The van der Waals surface area contributed by atoms with Crippen LogP contribution < -0.4 is 10.6 Å². The third-order valence-electron chi connectivity index (χ3n) is 5.66. The Morgan fingerprint density at radius 2 is 1.97 bits per heavy atom. The molecule has 8 heteroatoms. The predicted molar refractivity (Wildman–Crippen MR) is 121 cm³/mol. The fraction of sp³-hybridized carbons (Fsp3) is 0.609. The highest BCUT2D eigenvalue weighted by Crippen LogP contribution is 2.29. The molecule has 2 N–H and O–H groups in total. The van der Waals surface area contributed by atoms with Crippen molar-refractivity contribution >= 4 is 23.6 Å². The minimum atomic E-state index is -0.408. The van der Waals surface area contributed by atoms with E-state index in [2.05, 4.69) is 17.6 Å². The first-order valence-electron chi connectivity index (χ1n) is 11.1. The first-order valence-corrected chi connectivity index (χ1v) is 11.1. The van der Waals surface area contributed by atoms with E-state index in [9.17, 15) is 14.4 Å². The Hall–Kier alpha value is -2.61. The molecule has 1 aromatic carbocycles. The number of hydrogen-bond acceptors (Lipinski definition) is 5. The van der Waals surface area contributed by atoms with E-state index >= 15 is 0 Å². The highest BCUT2D eigenvalue weighted by atomic mass is 16.5. The Morgan fingerprint density at radius 1 is 1.19 bits per heavy atom. The number of nitrogens with zero attached hydrogens (tertiary/aromatic N) is 2. The Morgan fingerprint density at radius 3 is 2.65 bits per heavy atom. The number of urea groups is 1. The van der Waals surface area contributed by atoms with Gasteiger partial charge in [0, 0.05) is 38.3 Å². The monoisotopic (exact) mass is 432 g/mol. The van der Waals surface area contributed by atoms with Crippen LogP contribution in [0.15, 0.2) is 24.3 Å². The minimum Gasteiger partial charge on any atom is -0.462 e. The number of ether oxygens (including phenoxy) is 1. The summed E-state index contributed by atoms with van der Waals surface area (Å²) in [7, 11) is 3.96. The molecule has 1 aliphatic heterocycles. The molecule has 2 rings (SSSR count). The van der Waals surface area contributed by atoms with Gasteiger partial charge in [0.05, 0.1) is 12.2 Å². The maximum atomic E-state index is 12.8. The molecular formula is C23H36N4O4. The summed E-state index contributed by atoms with van der Waals surface area (Å²) in [6.45, 7) is 6.85. The summed E-state index contributed by atoms with van der Waals surface area (Å²) in [6.07, 6.45) is 2.22. The van der Waals surface area contributed by atoms with Crippen LogP contribution in [0.25, 0.3) is 0 Å². The molecule has 1 saturated heterocycles. The van der Waals surface area contributed by atoms with Crippen LogP contribution in [-0.4, -0.2) is 74.6 Å². The molecule has 0 saturated carbocycles. The van der Waals surface area contributed by atoms with Crippen molar-refractivity contribution in [3.05, 3.63) is 29.8 Å². The third-order valence-corrected chi connectivity index (χ3v) is 5.66. The largest absolute Gasteiger partial charge is 0.462 e. The van der Waals surface area contributed by atoms with E-state index in [0.717, 1.165) is 19.4 Å². The molecule has 3 amide bonds. The molecule has 31 heavy (non-hydrogen) atoms. The standard InChI is InChI=1S/C23H36N4O4/c1-5-17-16-27(12-10-18(17)15-21(28)24-11-13-26(3)4)23(30)25-20-9-7-8-19(14-20)22(29)31-6-2/h7-9,14,17-18H,5-6,10-13,15-16H2,1-4H3,(H,24,28)(H,25,30)/t17-,18-/m0/s1. The second-order valence-electron chi connectivity index (χ2n) is 8.25. The van der Waals surface area contributed by atoms with Crippen LogP contribution in [-0.2, 0) is 9.53 Å². The summed E-state index contributed by atoms with van der Waals surface area (Å²) in [5, 5.41) is 5.87. The molecule has 1 aromatic rings. The van der Waals surface area contributed by atoms with E-state index in [1.807, 2.05) is 19.0 Å². The second-order valence-corrected chi connectivity index (χ2v) is 8.25. The summed E-state index contributed by atoms with van der Waals surface area (Å²) >= 11 is 0. The van der Waals surface area contributed by atoms with E-state index in [1.54, 1.807) is 36.1 Å². The van der Waals surface area contributed by atoms with Gasteiger partial charge < -0.3 is 25.2 Å². The Labute approximate surface area is 185 Å². The zero-order valence-corrected chi connectivity index (χ0v) is 19.1. The number of anilines is 1. The number of hydrogen-bond donors (Lipinski definition) is 2. The predicted octanol–water partition coefficient (Wildman–Crippen LogP) is 2.81. The summed E-state index contributed by atoms with van der Waals surface area (Å²) in [5.74, 6) is 0.235. The lowest BCUT2D eigenvalue weighted by molar-refractivity contribution is -0.122. The Bertz CT molecular complexity index is 753. The topological polar surface area (TPSA) is 91.0 Å². The number of esters is 1. The van der Waals surface area contributed by atoms with E-state index < -0.39 is 5.97 Å². The van der Waals surface area contributed by atoms with Crippen LogP contribution in [0.1, 0.15) is 43.5 Å². The average Bonchev–Trinajstić information content (AvgIpc) is 2.74. The quantitative estimate of drug-likeness (QED) is 0.586. The molecule has 8 nitrogen and oxygen atoms in total. The zero-order valence-electron chi connectivity index (χ0n) is 19.1. The Kier molecular flexibility index (Phi) is 9.78. The van der Waals surface area contributed by atoms with Gasteiger partial charge in [-0.3, -0.25) is 4.79 Å². The van der Waals surface area contributed by atoms with E-state index in [-0.39, 0.29) is 23.8 Å². The van der Waals surface area contributed by atoms with Gasteiger partial charge in [0.2, 0.25) is 5.91 Å². The highest BCUT2D eigenvalue weighted by molar-refractivity contribution is 5.94. The number of amides is 3.